The van der Waals surface area contributed by atoms with Crippen LogP contribution in [0.25, 0.3) is 0 Å². The van der Waals surface area contributed by atoms with Gasteiger partial charge in [-0.05, 0) is 36.8 Å². The minimum atomic E-state index is -0.918. The molecule has 3 amide bonds. The summed E-state index contributed by atoms with van der Waals surface area (Å²) < 4.78 is 0. The lowest BCUT2D eigenvalue weighted by Crippen LogP contribution is -2.55. The van der Waals surface area contributed by atoms with E-state index in [4.69, 9.17) is 5.11 Å². The van der Waals surface area contributed by atoms with Crippen molar-refractivity contribution in [1.82, 2.24) is 19.7 Å². The first kappa shape index (κ1) is 20.4. The van der Waals surface area contributed by atoms with Crippen molar-refractivity contribution in [3.8, 4) is 0 Å². The van der Waals surface area contributed by atoms with Crippen molar-refractivity contribution in [3.05, 3.63) is 24.5 Å². The highest BCUT2D eigenvalue weighted by Crippen LogP contribution is 2.41. The number of piperazine rings is 1. The molecule has 0 aromatic carbocycles. The fraction of sp³-hybridized carbons (Fsp3) is 0.619. The molecule has 9 nitrogen and oxygen atoms in total. The number of carbonyl (C=O) groups is 3. The zero-order valence-electron chi connectivity index (χ0n) is 17.2. The van der Waals surface area contributed by atoms with Gasteiger partial charge in [0.15, 0.2) is 0 Å². The second-order valence-electron chi connectivity index (χ2n) is 8.59. The van der Waals surface area contributed by atoms with Crippen LogP contribution in [0.15, 0.2) is 24.5 Å². The minimum Gasteiger partial charge on any atom is -0.481 e. The van der Waals surface area contributed by atoms with Gasteiger partial charge in [0, 0.05) is 63.9 Å². The molecule has 9 heteroatoms. The quantitative estimate of drug-likeness (QED) is 0.791. The third-order valence-corrected chi connectivity index (χ3v) is 6.75. The van der Waals surface area contributed by atoms with E-state index in [0.717, 1.165) is 45.4 Å². The fourth-order valence-corrected chi connectivity index (χ4v) is 4.84. The molecule has 1 aromatic rings. The molecule has 3 aliphatic heterocycles. The first-order valence-corrected chi connectivity index (χ1v) is 10.6. The monoisotopic (exact) mass is 415 g/mol. The number of hydrogen-bond donors (Lipinski definition) is 1. The third kappa shape index (κ3) is 4.34. The number of aromatic nitrogens is 1. The van der Waals surface area contributed by atoms with Crippen LogP contribution < -0.4 is 4.90 Å². The van der Waals surface area contributed by atoms with Crippen molar-refractivity contribution < 1.29 is 19.5 Å². The van der Waals surface area contributed by atoms with Crippen LogP contribution in [0.4, 0.5) is 10.5 Å². The molecule has 30 heavy (non-hydrogen) atoms. The number of urea groups is 1. The van der Waals surface area contributed by atoms with Gasteiger partial charge in [0.1, 0.15) is 6.54 Å². The van der Waals surface area contributed by atoms with Crippen molar-refractivity contribution in [2.75, 3.05) is 57.3 Å². The van der Waals surface area contributed by atoms with E-state index in [1.54, 1.807) is 4.90 Å². The van der Waals surface area contributed by atoms with Crippen LogP contribution in [0.5, 0.6) is 0 Å². The highest BCUT2D eigenvalue weighted by Gasteiger charge is 2.43. The zero-order chi connectivity index (χ0) is 21.1. The topological polar surface area (TPSA) is 97.3 Å². The summed E-state index contributed by atoms with van der Waals surface area (Å²) in [5.74, 6) is -1.09. The van der Waals surface area contributed by atoms with Gasteiger partial charge >= 0.3 is 12.0 Å². The Morgan fingerprint density at radius 1 is 1.00 bits per heavy atom. The van der Waals surface area contributed by atoms with Gasteiger partial charge in [0.05, 0.1) is 6.42 Å². The summed E-state index contributed by atoms with van der Waals surface area (Å²) in [7, 11) is 0. The Balaban J connectivity index is 1.28. The molecule has 4 heterocycles. The second-order valence-corrected chi connectivity index (χ2v) is 8.59. The maximum Gasteiger partial charge on any atom is 0.320 e. The van der Waals surface area contributed by atoms with Crippen LogP contribution in [-0.2, 0) is 9.59 Å². The van der Waals surface area contributed by atoms with Gasteiger partial charge in [-0.3, -0.25) is 14.6 Å². The normalized spacial score (nSPS) is 21.4. The molecule has 0 bridgehead atoms. The molecule has 4 rings (SSSR count). The van der Waals surface area contributed by atoms with Crippen molar-refractivity contribution in [2.45, 2.75) is 25.7 Å². The lowest BCUT2D eigenvalue weighted by atomic mass is 9.77. The lowest BCUT2D eigenvalue weighted by molar-refractivity contribution is -0.139. The molecule has 162 valence electrons. The number of hydrogen-bond acceptors (Lipinski definition) is 5. The Labute approximate surface area is 176 Å². The fourth-order valence-electron chi connectivity index (χ4n) is 4.84. The highest BCUT2D eigenvalue weighted by molar-refractivity contribution is 5.85. The van der Waals surface area contributed by atoms with E-state index in [0.29, 0.717) is 13.1 Å². The number of nitrogens with zero attached hydrogens (tertiary/aromatic N) is 5. The summed E-state index contributed by atoms with van der Waals surface area (Å²) in [6.07, 6.45) is 6.69. The van der Waals surface area contributed by atoms with Crippen molar-refractivity contribution in [2.24, 2.45) is 5.41 Å². The van der Waals surface area contributed by atoms with Crippen LogP contribution >= 0.6 is 0 Å². The Morgan fingerprint density at radius 3 is 2.37 bits per heavy atom. The van der Waals surface area contributed by atoms with E-state index in [9.17, 15) is 14.4 Å². The molecule has 0 atom stereocenters. The van der Waals surface area contributed by atoms with Gasteiger partial charge in [-0.25, -0.2) is 4.79 Å². The van der Waals surface area contributed by atoms with Crippen LogP contribution in [-0.4, -0.2) is 95.1 Å². The molecule has 0 saturated carbocycles. The maximum absolute atomic E-state index is 13.0. The number of rotatable bonds is 4. The van der Waals surface area contributed by atoms with E-state index in [1.165, 1.54) is 10.6 Å². The number of amides is 3. The van der Waals surface area contributed by atoms with E-state index < -0.39 is 5.97 Å². The molecular weight excluding hydrogens is 386 g/mol. The van der Waals surface area contributed by atoms with Gasteiger partial charge in [0.25, 0.3) is 0 Å². The van der Waals surface area contributed by atoms with Crippen LogP contribution in [0.3, 0.4) is 0 Å². The second kappa shape index (κ2) is 8.49. The van der Waals surface area contributed by atoms with Gasteiger partial charge < -0.3 is 24.7 Å². The number of likely N-dealkylation sites (tertiary alicyclic amines) is 1. The summed E-state index contributed by atoms with van der Waals surface area (Å²) in [5, 5.41) is 8.80. The largest absolute Gasteiger partial charge is 0.481 e. The summed E-state index contributed by atoms with van der Waals surface area (Å²) >= 11 is 0. The molecule has 1 aromatic heterocycles. The van der Waals surface area contributed by atoms with Crippen LogP contribution in [0.2, 0.25) is 0 Å². The number of carbonyl (C=O) groups excluding carboxylic acids is 2. The third-order valence-electron chi connectivity index (χ3n) is 6.75. The Kier molecular flexibility index (Phi) is 5.78. The minimum absolute atomic E-state index is 0.0395. The van der Waals surface area contributed by atoms with E-state index in [2.05, 4.69) is 9.88 Å². The molecule has 0 radical (unpaired) electrons. The zero-order valence-corrected chi connectivity index (χ0v) is 17.2. The van der Waals surface area contributed by atoms with Gasteiger partial charge in [-0.1, -0.05) is 0 Å². The van der Waals surface area contributed by atoms with Crippen molar-refractivity contribution in [1.29, 1.82) is 0 Å². The molecular formula is C21H29N5O4. The number of aliphatic carboxylic acids is 1. The highest BCUT2D eigenvalue weighted by atomic mass is 16.4. The molecule has 1 spiro atoms. The Morgan fingerprint density at radius 2 is 1.70 bits per heavy atom. The number of anilines is 1. The smallest absolute Gasteiger partial charge is 0.320 e. The predicted molar refractivity (Wildman–Crippen MR) is 110 cm³/mol. The van der Waals surface area contributed by atoms with Crippen molar-refractivity contribution >= 4 is 23.6 Å². The van der Waals surface area contributed by atoms with E-state index in [-0.39, 0.29) is 36.9 Å². The number of piperidine rings is 1. The SMILES string of the molecule is O=C(O)CCN1CCN(C(=O)N2CCC3(CCN(c4ccncc4)CC3)C2)CC1=O. The number of carboxylic acid groups (broad SMARTS) is 1. The number of carboxylic acids is 1. The first-order valence-electron chi connectivity index (χ1n) is 10.6. The number of pyridine rings is 1. The predicted octanol–water partition coefficient (Wildman–Crippen LogP) is 1.11. The summed E-state index contributed by atoms with van der Waals surface area (Å²) in [6, 6.07) is 4.01. The van der Waals surface area contributed by atoms with Gasteiger partial charge in [-0.15, -0.1) is 0 Å². The molecule has 3 aliphatic rings. The van der Waals surface area contributed by atoms with Crippen LogP contribution in [0, 0.1) is 5.41 Å². The molecule has 0 aliphatic carbocycles. The maximum atomic E-state index is 13.0. The summed E-state index contributed by atoms with van der Waals surface area (Å²) in [5.41, 5.74) is 1.37. The van der Waals surface area contributed by atoms with E-state index >= 15 is 0 Å². The summed E-state index contributed by atoms with van der Waals surface area (Å²) in [4.78, 5) is 47.6. The first-order chi connectivity index (χ1) is 14.5. The molecule has 0 unspecified atom stereocenters. The standard InChI is InChI=1S/C21H29N5O4/c27-18-15-25(14-13-24(18)9-3-19(28)29)20(30)26-12-6-21(16-26)4-10-23(11-5-21)17-1-7-22-8-2-17/h1-2,7-8H,3-6,9-16H2,(H,28,29). The molecule has 3 saturated heterocycles. The van der Waals surface area contributed by atoms with Gasteiger partial charge in [0.2, 0.25) is 5.91 Å². The van der Waals surface area contributed by atoms with Crippen LogP contribution in [0.1, 0.15) is 25.7 Å². The molecule has 1 N–H and O–H groups in total. The Bertz CT molecular complexity index is 794. The van der Waals surface area contributed by atoms with Crippen molar-refractivity contribution in [3.63, 3.8) is 0 Å². The average molecular weight is 415 g/mol. The average Bonchev–Trinajstić information content (AvgIpc) is 3.17. The molecule has 3 fully saturated rings. The van der Waals surface area contributed by atoms with E-state index in [1.807, 2.05) is 29.4 Å². The van der Waals surface area contributed by atoms with Gasteiger partial charge in [-0.2, -0.15) is 0 Å². The lowest BCUT2D eigenvalue weighted by Gasteiger charge is -2.41. The summed E-state index contributed by atoms with van der Waals surface area (Å²) in [6.45, 7) is 4.56. The Hall–Kier alpha value is -2.84.